The number of carbonyl (C=O) groups excluding carboxylic acids is 1. The number of amides is 1. The number of nitrogens with zero attached hydrogens (tertiary/aromatic N) is 1. The van der Waals surface area contributed by atoms with E-state index in [1.165, 1.54) is 0 Å². The predicted octanol–water partition coefficient (Wildman–Crippen LogP) is -0.386. The van der Waals surface area contributed by atoms with Crippen molar-refractivity contribution < 1.29 is 22.0 Å². The Morgan fingerprint density at radius 2 is 2.17 bits per heavy atom. The van der Waals surface area contributed by atoms with Gasteiger partial charge in [-0.05, 0) is 6.42 Å². The van der Waals surface area contributed by atoms with Gasteiger partial charge in [0.25, 0.3) is 12.3 Å². The molecule has 18 heavy (non-hydrogen) atoms. The quantitative estimate of drug-likeness (QED) is 0.681. The third kappa shape index (κ3) is 3.23. The number of nitrogens with one attached hydrogen (secondary N) is 2. The zero-order valence-electron chi connectivity index (χ0n) is 9.41. The lowest BCUT2D eigenvalue weighted by Crippen LogP contribution is -2.30. The van der Waals surface area contributed by atoms with E-state index in [9.17, 15) is 22.0 Å². The topological polar surface area (TPSA) is 118 Å². The fraction of sp³-hybridized carbons (Fsp3) is 0.500. The Bertz CT molecular complexity index is 541. The van der Waals surface area contributed by atoms with E-state index < -0.39 is 39.5 Å². The third-order valence-corrected chi connectivity index (χ3v) is 3.07. The van der Waals surface area contributed by atoms with Crippen molar-refractivity contribution in [3.05, 3.63) is 11.4 Å². The first kappa shape index (κ1) is 14.5. The monoisotopic (exact) mass is 282 g/mol. The second kappa shape index (κ2) is 5.40. The van der Waals surface area contributed by atoms with Crippen molar-refractivity contribution in [1.82, 2.24) is 15.5 Å². The maximum atomic E-state index is 11.9. The molecule has 0 saturated carbocycles. The molecule has 1 amide bonds. The minimum atomic E-state index is -4.16. The lowest BCUT2D eigenvalue weighted by atomic mass is 10.3. The molecule has 1 rings (SSSR count). The molecule has 1 aromatic rings. The lowest BCUT2D eigenvalue weighted by molar-refractivity contribution is 0.0883. The molecular formula is C8H12F2N4O3S. The largest absolute Gasteiger partial charge is 0.345 e. The smallest absolute Gasteiger partial charge is 0.273 e. The van der Waals surface area contributed by atoms with Gasteiger partial charge in [0, 0.05) is 0 Å². The van der Waals surface area contributed by atoms with Gasteiger partial charge in [0.05, 0.1) is 12.2 Å². The highest BCUT2D eigenvalue weighted by molar-refractivity contribution is 7.89. The van der Waals surface area contributed by atoms with Gasteiger partial charge in [0.1, 0.15) is 4.90 Å². The average molecular weight is 282 g/mol. The number of aromatic nitrogens is 2. The van der Waals surface area contributed by atoms with E-state index in [2.05, 4.69) is 10.2 Å². The van der Waals surface area contributed by atoms with Crippen LogP contribution in [0.3, 0.4) is 0 Å². The number of carbonyl (C=O) groups is 1. The van der Waals surface area contributed by atoms with Crippen molar-refractivity contribution in [2.75, 3.05) is 6.54 Å². The molecule has 0 bridgehead atoms. The summed E-state index contributed by atoms with van der Waals surface area (Å²) in [7, 11) is -4.16. The average Bonchev–Trinajstić information content (AvgIpc) is 2.68. The summed E-state index contributed by atoms with van der Waals surface area (Å²) in [5, 5.41) is 12.6. The van der Waals surface area contributed by atoms with Crippen molar-refractivity contribution in [3.63, 3.8) is 0 Å². The molecule has 0 unspecified atom stereocenters. The van der Waals surface area contributed by atoms with Crippen molar-refractivity contribution >= 4 is 15.9 Å². The number of sulfonamides is 1. The molecular weight excluding hydrogens is 270 g/mol. The molecule has 0 aliphatic heterocycles. The summed E-state index contributed by atoms with van der Waals surface area (Å²) in [4.78, 5) is 11.0. The molecule has 0 saturated heterocycles. The summed E-state index contributed by atoms with van der Waals surface area (Å²) in [6.07, 6.45) is -2.49. The minimum absolute atomic E-state index is 0.152. The van der Waals surface area contributed by atoms with Gasteiger partial charge in [0.2, 0.25) is 10.0 Å². The molecule has 0 atom stereocenters. The second-order valence-electron chi connectivity index (χ2n) is 3.38. The van der Waals surface area contributed by atoms with Crippen molar-refractivity contribution in [2.45, 2.75) is 24.7 Å². The molecule has 0 aromatic carbocycles. The van der Waals surface area contributed by atoms with Crippen LogP contribution in [0, 0.1) is 0 Å². The zero-order valence-corrected chi connectivity index (χ0v) is 10.2. The van der Waals surface area contributed by atoms with E-state index in [4.69, 9.17) is 5.14 Å². The molecule has 0 radical (unpaired) electrons. The van der Waals surface area contributed by atoms with Gasteiger partial charge in [-0.3, -0.25) is 9.89 Å². The standard InChI is InChI=1S/C8H12F2N4O3S/c1-2-4-7(18(11,16)17)6(14-13-4)8(15)12-3-5(9)10/h5H,2-3H2,1H3,(H,12,15)(H,13,14)(H2,11,16,17). The fourth-order valence-corrected chi connectivity index (χ4v) is 2.26. The van der Waals surface area contributed by atoms with Gasteiger partial charge in [0.15, 0.2) is 5.69 Å². The Morgan fingerprint density at radius 3 is 2.61 bits per heavy atom. The normalized spacial score (nSPS) is 11.8. The van der Waals surface area contributed by atoms with Gasteiger partial charge in [-0.2, -0.15) is 5.10 Å². The van der Waals surface area contributed by atoms with E-state index in [1.54, 1.807) is 6.92 Å². The number of halogens is 2. The maximum absolute atomic E-state index is 11.9. The van der Waals surface area contributed by atoms with Crippen LogP contribution in [-0.2, 0) is 16.4 Å². The Labute approximate surface area is 102 Å². The number of aromatic amines is 1. The minimum Gasteiger partial charge on any atom is -0.345 e. The van der Waals surface area contributed by atoms with Crippen LogP contribution < -0.4 is 10.5 Å². The van der Waals surface area contributed by atoms with Gasteiger partial charge in [-0.25, -0.2) is 22.3 Å². The number of hydrogen-bond donors (Lipinski definition) is 3. The van der Waals surface area contributed by atoms with E-state index in [0.717, 1.165) is 0 Å². The number of primary sulfonamides is 1. The molecule has 0 spiro atoms. The summed E-state index contributed by atoms with van der Waals surface area (Å²) in [5.74, 6) is -1.02. The number of alkyl halides is 2. The van der Waals surface area contributed by atoms with Crippen molar-refractivity contribution in [3.8, 4) is 0 Å². The van der Waals surface area contributed by atoms with Crippen LogP contribution in [0.2, 0.25) is 0 Å². The summed E-state index contributed by atoms with van der Waals surface area (Å²) in [6, 6.07) is 0. The Morgan fingerprint density at radius 1 is 1.56 bits per heavy atom. The first-order chi connectivity index (χ1) is 8.27. The highest BCUT2D eigenvalue weighted by Crippen LogP contribution is 2.17. The zero-order chi connectivity index (χ0) is 13.9. The first-order valence-corrected chi connectivity index (χ1v) is 6.48. The molecule has 0 fully saturated rings. The number of rotatable bonds is 5. The molecule has 1 aromatic heterocycles. The summed E-state index contributed by atoms with van der Waals surface area (Å²) >= 11 is 0. The highest BCUT2D eigenvalue weighted by Gasteiger charge is 2.26. The van der Waals surface area contributed by atoms with Crippen LogP contribution in [-0.4, -0.2) is 37.5 Å². The van der Waals surface area contributed by atoms with Gasteiger partial charge in [-0.1, -0.05) is 6.92 Å². The van der Waals surface area contributed by atoms with E-state index in [0.29, 0.717) is 0 Å². The SMILES string of the molecule is CCc1[nH]nc(C(=O)NCC(F)F)c1S(N)(=O)=O. The van der Waals surface area contributed by atoms with E-state index >= 15 is 0 Å². The molecule has 1 heterocycles. The van der Waals surface area contributed by atoms with Crippen LogP contribution in [0.4, 0.5) is 8.78 Å². The molecule has 0 aliphatic carbocycles. The molecule has 102 valence electrons. The van der Waals surface area contributed by atoms with Gasteiger partial charge >= 0.3 is 0 Å². The van der Waals surface area contributed by atoms with Crippen LogP contribution in [0.5, 0.6) is 0 Å². The number of hydrogen-bond acceptors (Lipinski definition) is 4. The van der Waals surface area contributed by atoms with E-state index in [1.807, 2.05) is 5.32 Å². The number of aryl methyl sites for hydroxylation is 1. The Balaban J connectivity index is 3.10. The predicted molar refractivity (Wildman–Crippen MR) is 57.7 cm³/mol. The highest BCUT2D eigenvalue weighted by atomic mass is 32.2. The lowest BCUT2D eigenvalue weighted by Gasteiger charge is -2.04. The van der Waals surface area contributed by atoms with Crippen LogP contribution in [0.1, 0.15) is 23.1 Å². The fourth-order valence-electron chi connectivity index (χ4n) is 1.32. The number of nitrogens with two attached hydrogens (primary N) is 1. The number of H-pyrrole nitrogens is 1. The Kier molecular flexibility index (Phi) is 4.35. The van der Waals surface area contributed by atoms with Crippen molar-refractivity contribution in [2.24, 2.45) is 5.14 Å². The third-order valence-electron chi connectivity index (χ3n) is 2.06. The molecule has 10 heteroatoms. The van der Waals surface area contributed by atoms with Gasteiger partial charge < -0.3 is 5.32 Å². The summed E-state index contributed by atoms with van der Waals surface area (Å²) in [6.45, 7) is 0.736. The van der Waals surface area contributed by atoms with Crippen LogP contribution >= 0.6 is 0 Å². The van der Waals surface area contributed by atoms with Crippen LogP contribution in [0.15, 0.2) is 4.90 Å². The summed E-state index contributed by atoms with van der Waals surface area (Å²) < 4.78 is 46.5. The Hall–Kier alpha value is -1.55. The van der Waals surface area contributed by atoms with Gasteiger partial charge in [-0.15, -0.1) is 0 Å². The molecule has 4 N–H and O–H groups in total. The second-order valence-corrected chi connectivity index (χ2v) is 4.88. The molecule has 7 nitrogen and oxygen atoms in total. The first-order valence-electron chi connectivity index (χ1n) is 4.93. The van der Waals surface area contributed by atoms with Crippen LogP contribution in [0.25, 0.3) is 0 Å². The maximum Gasteiger partial charge on any atom is 0.273 e. The summed E-state index contributed by atoms with van der Waals surface area (Å²) in [5.41, 5.74) is -0.352. The molecule has 0 aliphatic rings. The van der Waals surface area contributed by atoms with E-state index in [-0.39, 0.29) is 12.1 Å². The van der Waals surface area contributed by atoms with Crippen molar-refractivity contribution in [1.29, 1.82) is 0 Å².